The van der Waals surface area contributed by atoms with Gasteiger partial charge in [0, 0.05) is 19.5 Å². The minimum absolute atomic E-state index is 0. The van der Waals surface area contributed by atoms with Gasteiger partial charge in [0.2, 0.25) is 0 Å². The molecule has 1 fully saturated rings. The van der Waals surface area contributed by atoms with Crippen LogP contribution in [0.15, 0.2) is 17.1 Å². The second kappa shape index (κ2) is 5.31. The highest BCUT2D eigenvalue weighted by Gasteiger charge is 2.22. The van der Waals surface area contributed by atoms with Crippen LogP contribution in [-0.2, 0) is 6.54 Å². The molecule has 2 heterocycles. The van der Waals surface area contributed by atoms with Gasteiger partial charge in [-0.3, -0.25) is 0 Å². The molecule has 0 atom stereocenters. The Morgan fingerprint density at radius 1 is 1.11 bits per heavy atom. The van der Waals surface area contributed by atoms with E-state index in [-0.39, 0.29) is 12.4 Å². The van der Waals surface area contributed by atoms with Gasteiger partial charge in [-0.05, 0) is 37.8 Å². The lowest BCUT2D eigenvalue weighted by Gasteiger charge is -2.30. The highest BCUT2D eigenvalue weighted by molar-refractivity contribution is 5.87. The first-order valence-electron chi connectivity index (χ1n) is 6.67. The summed E-state index contributed by atoms with van der Waals surface area (Å²) in [6.45, 7) is 6.61. The third-order valence-corrected chi connectivity index (χ3v) is 3.82. The molecule has 2 nitrogen and oxygen atoms in total. The van der Waals surface area contributed by atoms with E-state index < -0.39 is 0 Å². The first-order chi connectivity index (χ1) is 8.24. The second-order valence-electron chi connectivity index (χ2n) is 5.35. The standard InChI is InChI=1S/C15H20N2.ClH/c1-11-8-12(2)15-13(9-11)10-17-7-5-3-4-6-14(17)16-15;/h8-9H,3-7,10H2,1-2H3;1H. The van der Waals surface area contributed by atoms with Crippen molar-refractivity contribution >= 4 is 23.9 Å². The van der Waals surface area contributed by atoms with Gasteiger partial charge in [-0.15, -0.1) is 12.4 Å². The summed E-state index contributed by atoms with van der Waals surface area (Å²) in [5.41, 5.74) is 5.34. The fraction of sp³-hybridized carbons (Fsp3) is 0.533. The van der Waals surface area contributed by atoms with Crippen LogP contribution in [0.25, 0.3) is 0 Å². The van der Waals surface area contributed by atoms with Gasteiger partial charge in [0.15, 0.2) is 0 Å². The monoisotopic (exact) mass is 264 g/mol. The van der Waals surface area contributed by atoms with Crippen LogP contribution in [0.1, 0.15) is 42.4 Å². The molecule has 0 aliphatic carbocycles. The molecular formula is C15H21ClN2. The smallest absolute Gasteiger partial charge is 0.105 e. The van der Waals surface area contributed by atoms with E-state index in [9.17, 15) is 0 Å². The van der Waals surface area contributed by atoms with Crippen LogP contribution in [0.5, 0.6) is 0 Å². The lowest BCUT2D eigenvalue weighted by Crippen LogP contribution is -2.32. The molecule has 0 spiro atoms. The molecule has 0 bridgehead atoms. The molecule has 2 aliphatic heterocycles. The maximum Gasteiger partial charge on any atom is 0.105 e. The van der Waals surface area contributed by atoms with E-state index >= 15 is 0 Å². The van der Waals surface area contributed by atoms with Gasteiger partial charge in [-0.25, -0.2) is 4.99 Å². The average molecular weight is 265 g/mol. The number of aliphatic imine (C=N–C) groups is 1. The van der Waals surface area contributed by atoms with Crippen LogP contribution in [0.3, 0.4) is 0 Å². The van der Waals surface area contributed by atoms with Crippen molar-refractivity contribution < 1.29 is 0 Å². The molecule has 3 heteroatoms. The van der Waals surface area contributed by atoms with Crippen LogP contribution >= 0.6 is 12.4 Å². The SMILES string of the molecule is Cc1cc(C)c2c(c1)CN1CCCCCC1=N2.Cl. The fourth-order valence-corrected chi connectivity index (χ4v) is 3.01. The Hall–Kier alpha value is -1.02. The summed E-state index contributed by atoms with van der Waals surface area (Å²) in [6, 6.07) is 4.54. The molecule has 0 unspecified atom stereocenters. The Balaban J connectivity index is 0.00000120. The molecule has 0 N–H and O–H groups in total. The molecule has 3 rings (SSSR count). The second-order valence-corrected chi connectivity index (χ2v) is 5.35. The highest BCUT2D eigenvalue weighted by atomic mass is 35.5. The summed E-state index contributed by atoms with van der Waals surface area (Å²) >= 11 is 0. The summed E-state index contributed by atoms with van der Waals surface area (Å²) in [5.74, 6) is 1.32. The van der Waals surface area contributed by atoms with Gasteiger partial charge in [-0.1, -0.05) is 24.1 Å². The average Bonchev–Trinajstić information content (AvgIpc) is 2.51. The predicted octanol–water partition coefficient (Wildman–Crippen LogP) is 4.14. The van der Waals surface area contributed by atoms with Crippen LogP contribution in [-0.4, -0.2) is 17.3 Å². The van der Waals surface area contributed by atoms with Crippen LogP contribution in [0.2, 0.25) is 0 Å². The number of benzene rings is 1. The summed E-state index contributed by atoms with van der Waals surface area (Å²) in [5, 5.41) is 0. The third kappa shape index (κ3) is 2.39. The zero-order valence-corrected chi connectivity index (χ0v) is 12.0. The van der Waals surface area contributed by atoms with Crippen molar-refractivity contribution in [3.63, 3.8) is 0 Å². The first-order valence-corrected chi connectivity index (χ1v) is 6.67. The van der Waals surface area contributed by atoms with E-state index in [0.717, 1.165) is 13.0 Å². The number of fused-ring (bicyclic) bond motifs is 2. The van der Waals surface area contributed by atoms with E-state index in [1.807, 2.05) is 0 Å². The van der Waals surface area contributed by atoms with E-state index in [4.69, 9.17) is 4.99 Å². The molecular weight excluding hydrogens is 244 g/mol. The number of amidine groups is 1. The molecule has 98 valence electrons. The van der Waals surface area contributed by atoms with E-state index in [1.54, 1.807) is 0 Å². The Morgan fingerprint density at radius 3 is 2.78 bits per heavy atom. The van der Waals surface area contributed by atoms with Crippen molar-refractivity contribution in [2.24, 2.45) is 4.99 Å². The predicted molar refractivity (Wildman–Crippen MR) is 79.1 cm³/mol. The Bertz CT molecular complexity index is 480. The summed E-state index contributed by atoms with van der Waals surface area (Å²) in [6.07, 6.45) is 5.13. The summed E-state index contributed by atoms with van der Waals surface area (Å²) in [7, 11) is 0. The number of nitrogens with zero attached hydrogens (tertiary/aromatic N) is 2. The molecule has 1 saturated heterocycles. The van der Waals surface area contributed by atoms with Crippen molar-refractivity contribution in [2.45, 2.75) is 46.1 Å². The number of rotatable bonds is 0. The first kappa shape index (κ1) is 13.4. The topological polar surface area (TPSA) is 15.6 Å². The van der Waals surface area contributed by atoms with Crippen molar-refractivity contribution in [2.75, 3.05) is 6.54 Å². The number of aryl methyl sites for hydroxylation is 2. The highest BCUT2D eigenvalue weighted by Crippen LogP contribution is 2.32. The fourth-order valence-electron chi connectivity index (χ4n) is 3.01. The number of halogens is 1. The van der Waals surface area contributed by atoms with Crippen molar-refractivity contribution in [1.29, 1.82) is 0 Å². The van der Waals surface area contributed by atoms with Crippen LogP contribution in [0, 0.1) is 13.8 Å². The van der Waals surface area contributed by atoms with Gasteiger partial charge < -0.3 is 4.90 Å². The quantitative estimate of drug-likeness (QED) is 0.687. The van der Waals surface area contributed by atoms with E-state index in [2.05, 4.69) is 30.9 Å². The van der Waals surface area contributed by atoms with Crippen LogP contribution in [0.4, 0.5) is 5.69 Å². The summed E-state index contributed by atoms with van der Waals surface area (Å²) < 4.78 is 0. The maximum absolute atomic E-state index is 4.91. The Labute approximate surface area is 116 Å². The van der Waals surface area contributed by atoms with Gasteiger partial charge in [0.1, 0.15) is 5.84 Å². The molecule has 0 saturated carbocycles. The number of hydrogen-bond acceptors (Lipinski definition) is 2. The van der Waals surface area contributed by atoms with Gasteiger partial charge in [-0.2, -0.15) is 0 Å². The summed E-state index contributed by atoms with van der Waals surface area (Å²) in [4.78, 5) is 7.39. The molecule has 0 aromatic heterocycles. The minimum Gasteiger partial charge on any atom is -0.356 e. The van der Waals surface area contributed by atoms with Crippen molar-refractivity contribution in [3.05, 3.63) is 28.8 Å². The van der Waals surface area contributed by atoms with Crippen molar-refractivity contribution in [3.8, 4) is 0 Å². The molecule has 1 aromatic carbocycles. The number of hydrogen-bond donors (Lipinski definition) is 0. The van der Waals surface area contributed by atoms with Gasteiger partial charge >= 0.3 is 0 Å². The zero-order valence-electron chi connectivity index (χ0n) is 11.2. The molecule has 18 heavy (non-hydrogen) atoms. The van der Waals surface area contributed by atoms with Gasteiger partial charge in [0.25, 0.3) is 0 Å². The molecule has 0 radical (unpaired) electrons. The van der Waals surface area contributed by atoms with Crippen molar-refractivity contribution in [1.82, 2.24) is 4.90 Å². The third-order valence-electron chi connectivity index (χ3n) is 3.82. The lowest BCUT2D eigenvalue weighted by molar-refractivity contribution is 0.403. The van der Waals surface area contributed by atoms with E-state index in [1.165, 1.54) is 54.0 Å². The Kier molecular flexibility index (Phi) is 3.96. The molecule has 0 amide bonds. The lowest BCUT2D eigenvalue weighted by atomic mass is 10.0. The van der Waals surface area contributed by atoms with Gasteiger partial charge in [0.05, 0.1) is 5.69 Å². The molecule has 1 aromatic rings. The van der Waals surface area contributed by atoms with Crippen LogP contribution < -0.4 is 0 Å². The normalized spacial score (nSPS) is 18.1. The minimum atomic E-state index is 0. The largest absolute Gasteiger partial charge is 0.356 e. The maximum atomic E-state index is 4.91. The molecule has 2 aliphatic rings. The Morgan fingerprint density at radius 2 is 1.94 bits per heavy atom. The zero-order chi connectivity index (χ0) is 11.8. The van der Waals surface area contributed by atoms with E-state index in [0.29, 0.717) is 0 Å².